The fraction of sp³-hybridized carbons (Fsp3) is 0.579. The Bertz CT molecular complexity index is 740. The second-order valence-corrected chi connectivity index (χ2v) is 8.70. The van der Waals surface area contributed by atoms with E-state index in [4.69, 9.17) is 4.74 Å². The zero-order valence-electron chi connectivity index (χ0n) is 15.9. The highest BCUT2D eigenvalue weighted by molar-refractivity contribution is 7.88. The molecule has 2 rings (SSSR count). The number of nitrogens with zero attached hydrogens (tertiary/aromatic N) is 1. The summed E-state index contributed by atoms with van der Waals surface area (Å²) in [5.41, 5.74) is 0.965. The molecular formula is C19H28N2O5S. The van der Waals surface area contributed by atoms with Gasteiger partial charge in [0.2, 0.25) is 15.9 Å². The molecule has 1 aromatic carbocycles. The van der Waals surface area contributed by atoms with Crippen LogP contribution in [-0.4, -0.2) is 50.0 Å². The van der Waals surface area contributed by atoms with E-state index in [2.05, 4.69) is 5.32 Å². The molecule has 1 amide bonds. The van der Waals surface area contributed by atoms with E-state index < -0.39 is 16.0 Å². The number of rotatable bonds is 8. The Kier molecular flexibility index (Phi) is 7.79. The van der Waals surface area contributed by atoms with Crippen molar-refractivity contribution in [3.8, 4) is 0 Å². The van der Waals surface area contributed by atoms with Gasteiger partial charge >= 0.3 is 5.97 Å². The van der Waals surface area contributed by atoms with Gasteiger partial charge < -0.3 is 10.1 Å². The molecule has 0 bridgehead atoms. The van der Waals surface area contributed by atoms with E-state index in [0.29, 0.717) is 17.9 Å². The maximum absolute atomic E-state index is 12.2. The van der Waals surface area contributed by atoms with Crippen molar-refractivity contribution < 1.29 is 22.7 Å². The van der Waals surface area contributed by atoms with E-state index in [-0.39, 0.29) is 24.9 Å². The van der Waals surface area contributed by atoms with E-state index in [1.165, 1.54) is 10.6 Å². The summed E-state index contributed by atoms with van der Waals surface area (Å²) < 4.78 is 30.6. The Hall–Kier alpha value is -1.93. The first-order chi connectivity index (χ1) is 12.8. The van der Waals surface area contributed by atoms with Crippen molar-refractivity contribution in [1.29, 1.82) is 0 Å². The maximum Gasteiger partial charge on any atom is 0.338 e. The number of carbonyl (C=O) groups excluding carboxylic acids is 2. The first kappa shape index (κ1) is 21.4. The van der Waals surface area contributed by atoms with Gasteiger partial charge in [0, 0.05) is 24.7 Å². The zero-order valence-corrected chi connectivity index (χ0v) is 16.8. The van der Waals surface area contributed by atoms with Crippen LogP contribution < -0.4 is 5.32 Å². The number of carbonyl (C=O) groups is 2. The summed E-state index contributed by atoms with van der Waals surface area (Å²) in [6.07, 6.45) is 6.17. The quantitative estimate of drug-likeness (QED) is 0.682. The summed E-state index contributed by atoms with van der Waals surface area (Å²) in [5, 5.41) is 2.74. The minimum Gasteiger partial charge on any atom is -0.462 e. The lowest BCUT2D eigenvalue weighted by Crippen LogP contribution is -2.42. The van der Waals surface area contributed by atoms with Gasteiger partial charge in [-0.15, -0.1) is 0 Å². The largest absolute Gasteiger partial charge is 0.462 e. The topological polar surface area (TPSA) is 92.8 Å². The lowest BCUT2D eigenvalue weighted by atomic mass is 9.95. The Morgan fingerprint density at radius 1 is 1.15 bits per heavy atom. The van der Waals surface area contributed by atoms with Crippen LogP contribution in [0, 0.1) is 0 Å². The summed E-state index contributed by atoms with van der Waals surface area (Å²) >= 11 is 0. The third-order valence-corrected chi connectivity index (χ3v) is 5.98. The minimum absolute atomic E-state index is 0.00888. The molecule has 0 aromatic heterocycles. The number of anilines is 1. The molecule has 0 heterocycles. The highest BCUT2D eigenvalue weighted by atomic mass is 32.2. The van der Waals surface area contributed by atoms with Crippen LogP contribution in [0.15, 0.2) is 24.3 Å². The van der Waals surface area contributed by atoms with Gasteiger partial charge in [-0.05, 0) is 44.0 Å². The predicted octanol–water partition coefficient (Wildman–Crippen LogP) is 2.79. The number of benzene rings is 1. The number of hydrogen-bond donors (Lipinski definition) is 1. The zero-order chi connectivity index (χ0) is 19.9. The van der Waals surface area contributed by atoms with Gasteiger partial charge in [-0.1, -0.05) is 19.3 Å². The monoisotopic (exact) mass is 396 g/mol. The van der Waals surface area contributed by atoms with Gasteiger partial charge in [0.1, 0.15) is 0 Å². The molecule has 1 aromatic rings. The fourth-order valence-electron chi connectivity index (χ4n) is 3.33. The van der Waals surface area contributed by atoms with Crippen molar-refractivity contribution in [2.45, 2.75) is 51.5 Å². The summed E-state index contributed by atoms with van der Waals surface area (Å²) in [5.74, 6) is -0.671. The molecule has 1 aliphatic carbocycles. The Labute approximate surface area is 161 Å². The van der Waals surface area contributed by atoms with Crippen LogP contribution >= 0.6 is 0 Å². The highest BCUT2D eigenvalue weighted by Gasteiger charge is 2.28. The van der Waals surface area contributed by atoms with Crippen LogP contribution in [0.4, 0.5) is 5.69 Å². The molecule has 0 radical (unpaired) electrons. The SMILES string of the molecule is CCOC(=O)c1ccc(NC(=O)CCN(C2CCCCC2)S(C)(=O)=O)cc1. The van der Waals surface area contributed by atoms with E-state index in [9.17, 15) is 18.0 Å². The van der Waals surface area contributed by atoms with Gasteiger partial charge in [-0.25, -0.2) is 13.2 Å². The summed E-state index contributed by atoms with van der Waals surface area (Å²) in [4.78, 5) is 23.9. The Morgan fingerprint density at radius 3 is 2.33 bits per heavy atom. The first-order valence-electron chi connectivity index (χ1n) is 9.35. The molecule has 0 unspecified atom stereocenters. The molecule has 0 aliphatic heterocycles. The third-order valence-electron chi connectivity index (χ3n) is 4.65. The van der Waals surface area contributed by atoms with Crippen LogP contribution in [0.5, 0.6) is 0 Å². The fourth-order valence-corrected chi connectivity index (χ4v) is 4.50. The number of ether oxygens (including phenoxy) is 1. The molecule has 1 N–H and O–H groups in total. The molecule has 150 valence electrons. The van der Waals surface area contributed by atoms with Crippen LogP contribution in [0.2, 0.25) is 0 Å². The molecule has 1 aliphatic rings. The molecule has 27 heavy (non-hydrogen) atoms. The standard InChI is InChI=1S/C19H28N2O5S/c1-3-26-19(23)15-9-11-16(12-10-15)20-18(22)13-14-21(27(2,24)25)17-7-5-4-6-8-17/h9-12,17H,3-8,13-14H2,1-2H3,(H,20,22). The predicted molar refractivity (Wildman–Crippen MR) is 104 cm³/mol. The summed E-state index contributed by atoms with van der Waals surface area (Å²) in [7, 11) is -3.35. The van der Waals surface area contributed by atoms with Crippen LogP contribution in [-0.2, 0) is 19.6 Å². The Balaban J connectivity index is 1.91. The first-order valence-corrected chi connectivity index (χ1v) is 11.2. The highest BCUT2D eigenvalue weighted by Crippen LogP contribution is 2.24. The van der Waals surface area contributed by atoms with Crippen molar-refractivity contribution >= 4 is 27.6 Å². The van der Waals surface area contributed by atoms with Crippen molar-refractivity contribution in [1.82, 2.24) is 4.31 Å². The average molecular weight is 397 g/mol. The number of sulfonamides is 1. The summed E-state index contributed by atoms with van der Waals surface area (Å²) in [6.45, 7) is 2.21. The molecular weight excluding hydrogens is 368 g/mol. The van der Waals surface area contributed by atoms with Gasteiger partial charge in [0.25, 0.3) is 0 Å². The molecule has 7 nitrogen and oxygen atoms in total. The molecule has 0 saturated heterocycles. The van der Waals surface area contributed by atoms with Gasteiger partial charge in [-0.2, -0.15) is 4.31 Å². The summed E-state index contributed by atoms with van der Waals surface area (Å²) in [6, 6.07) is 6.40. The van der Waals surface area contributed by atoms with Crippen molar-refractivity contribution in [3.05, 3.63) is 29.8 Å². The maximum atomic E-state index is 12.2. The molecule has 1 saturated carbocycles. The van der Waals surface area contributed by atoms with Gasteiger partial charge in [0.15, 0.2) is 0 Å². The second kappa shape index (κ2) is 9.85. The van der Waals surface area contributed by atoms with E-state index in [1.807, 2.05) is 0 Å². The van der Waals surface area contributed by atoms with Crippen molar-refractivity contribution in [3.63, 3.8) is 0 Å². The van der Waals surface area contributed by atoms with Crippen molar-refractivity contribution in [2.75, 3.05) is 24.7 Å². The minimum atomic E-state index is -3.35. The number of amides is 1. The molecule has 1 fully saturated rings. The second-order valence-electron chi connectivity index (χ2n) is 6.76. The number of nitrogens with one attached hydrogen (secondary N) is 1. The number of hydrogen-bond acceptors (Lipinski definition) is 5. The van der Waals surface area contributed by atoms with E-state index in [1.54, 1.807) is 31.2 Å². The smallest absolute Gasteiger partial charge is 0.338 e. The van der Waals surface area contributed by atoms with Crippen LogP contribution in [0.3, 0.4) is 0 Å². The van der Waals surface area contributed by atoms with Crippen LogP contribution in [0.1, 0.15) is 55.8 Å². The van der Waals surface area contributed by atoms with Gasteiger partial charge in [-0.3, -0.25) is 4.79 Å². The third kappa shape index (κ3) is 6.62. The van der Waals surface area contributed by atoms with Crippen molar-refractivity contribution in [2.24, 2.45) is 0 Å². The average Bonchev–Trinajstić information content (AvgIpc) is 2.62. The van der Waals surface area contributed by atoms with Crippen LogP contribution in [0.25, 0.3) is 0 Å². The lowest BCUT2D eigenvalue weighted by molar-refractivity contribution is -0.116. The van der Waals surface area contributed by atoms with Gasteiger partial charge in [0.05, 0.1) is 18.4 Å². The van der Waals surface area contributed by atoms with E-state index in [0.717, 1.165) is 32.1 Å². The number of esters is 1. The molecule has 8 heteroatoms. The lowest BCUT2D eigenvalue weighted by Gasteiger charge is -2.32. The molecule has 0 spiro atoms. The Morgan fingerprint density at radius 2 is 1.78 bits per heavy atom. The molecule has 0 atom stereocenters. The van der Waals surface area contributed by atoms with E-state index >= 15 is 0 Å². The normalized spacial score (nSPS) is 15.5.